The van der Waals surface area contributed by atoms with Crippen LogP contribution < -0.4 is 5.73 Å². The lowest BCUT2D eigenvalue weighted by molar-refractivity contribution is -0.136. The number of aromatic amines is 1. The van der Waals surface area contributed by atoms with Crippen LogP contribution in [0.3, 0.4) is 0 Å². The third-order valence-electron chi connectivity index (χ3n) is 4.44. The van der Waals surface area contributed by atoms with Crippen molar-refractivity contribution in [2.75, 3.05) is 5.73 Å². The first-order valence-electron chi connectivity index (χ1n) is 8.05. The van der Waals surface area contributed by atoms with E-state index in [0.717, 1.165) is 22.4 Å². The molecule has 4 aromatic rings. The Kier molecular flexibility index (Phi) is 3.69. The highest BCUT2D eigenvalue weighted by Crippen LogP contribution is 2.47. The summed E-state index contributed by atoms with van der Waals surface area (Å²) in [7, 11) is 0. The average Bonchev–Trinajstić information content (AvgIpc) is 3.14. The quantitative estimate of drug-likeness (QED) is 0.498. The molecule has 26 heavy (non-hydrogen) atoms. The number of nitrogens with two attached hydrogens (primary N) is 1. The molecular weight excluding hydrogens is 361 g/mol. The zero-order chi connectivity index (χ0) is 18.6. The molecular formula is C18H15F3N4S. The van der Waals surface area contributed by atoms with Gasteiger partial charge in [0.15, 0.2) is 5.82 Å². The van der Waals surface area contributed by atoms with Crippen LogP contribution in [0, 0.1) is 6.92 Å². The molecule has 0 fully saturated rings. The van der Waals surface area contributed by atoms with E-state index in [0.29, 0.717) is 22.8 Å². The van der Waals surface area contributed by atoms with Crippen molar-refractivity contribution in [1.82, 2.24) is 15.0 Å². The predicted molar refractivity (Wildman–Crippen MR) is 98.2 cm³/mol. The third-order valence-corrected chi connectivity index (χ3v) is 5.55. The van der Waals surface area contributed by atoms with Crippen LogP contribution in [-0.4, -0.2) is 15.0 Å². The number of imidazole rings is 1. The molecule has 1 aromatic carbocycles. The van der Waals surface area contributed by atoms with Crippen LogP contribution in [-0.2, 0) is 12.6 Å². The van der Waals surface area contributed by atoms with E-state index in [4.69, 9.17) is 5.73 Å². The van der Waals surface area contributed by atoms with Crippen LogP contribution in [0.2, 0.25) is 0 Å². The topological polar surface area (TPSA) is 67.6 Å². The Labute approximate surface area is 150 Å². The number of aromatic nitrogens is 3. The molecule has 3 N–H and O–H groups in total. The van der Waals surface area contributed by atoms with Crippen molar-refractivity contribution in [2.45, 2.75) is 26.4 Å². The second-order valence-electron chi connectivity index (χ2n) is 6.04. The second-order valence-corrected chi connectivity index (χ2v) is 7.04. The minimum Gasteiger partial charge on any atom is -0.397 e. The molecule has 0 aliphatic rings. The normalized spacial score (nSPS) is 12.3. The summed E-state index contributed by atoms with van der Waals surface area (Å²) in [5.74, 6) is 0.454. The van der Waals surface area contributed by atoms with Gasteiger partial charge in [0.1, 0.15) is 4.83 Å². The number of rotatable bonds is 2. The number of nitrogens with one attached hydrogen (secondary N) is 1. The lowest BCUT2D eigenvalue weighted by Gasteiger charge is -2.14. The Hall–Kier alpha value is -2.61. The lowest BCUT2D eigenvalue weighted by Crippen LogP contribution is -2.11. The van der Waals surface area contributed by atoms with Crippen molar-refractivity contribution in [3.05, 3.63) is 41.1 Å². The Morgan fingerprint density at radius 2 is 1.92 bits per heavy atom. The monoisotopic (exact) mass is 376 g/mol. The lowest BCUT2D eigenvalue weighted by atomic mass is 10.0. The van der Waals surface area contributed by atoms with Crippen molar-refractivity contribution in [3.63, 3.8) is 0 Å². The van der Waals surface area contributed by atoms with Crippen molar-refractivity contribution in [3.8, 4) is 10.7 Å². The van der Waals surface area contributed by atoms with E-state index < -0.39 is 11.7 Å². The Morgan fingerprint density at radius 1 is 1.19 bits per heavy atom. The fraction of sp³-hybridized carbons (Fsp3) is 0.222. The molecule has 134 valence electrons. The Bertz CT molecular complexity index is 1110. The van der Waals surface area contributed by atoms with E-state index in [2.05, 4.69) is 15.0 Å². The third kappa shape index (κ3) is 2.44. The number of aryl methyl sites for hydroxylation is 1. The largest absolute Gasteiger partial charge is 0.417 e. The van der Waals surface area contributed by atoms with E-state index >= 15 is 0 Å². The summed E-state index contributed by atoms with van der Waals surface area (Å²) in [6.07, 6.45) is -4.09. The first-order chi connectivity index (χ1) is 12.3. The molecule has 0 aliphatic carbocycles. The molecule has 8 heteroatoms. The van der Waals surface area contributed by atoms with Crippen molar-refractivity contribution in [2.24, 2.45) is 0 Å². The number of hydrogen-bond acceptors (Lipinski definition) is 4. The standard InChI is InChI=1S/C18H15F3N4S/c1-3-9-8(2)13(18(19,20)21)12-14(22)15(26-17(12)25-9)16-23-10-6-4-5-7-11(10)24-16/h4-7H,3,22H2,1-2H3,(H,23,24). The van der Waals surface area contributed by atoms with Gasteiger partial charge in [0, 0.05) is 11.1 Å². The van der Waals surface area contributed by atoms with Gasteiger partial charge in [-0.05, 0) is 31.0 Å². The van der Waals surface area contributed by atoms with Gasteiger partial charge in [0.05, 0.1) is 27.2 Å². The molecule has 0 aliphatic heterocycles. The van der Waals surface area contributed by atoms with Crippen LogP contribution in [0.4, 0.5) is 18.9 Å². The molecule has 0 saturated heterocycles. The van der Waals surface area contributed by atoms with E-state index in [9.17, 15) is 13.2 Å². The summed E-state index contributed by atoms with van der Waals surface area (Å²) >= 11 is 1.13. The second kappa shape index (κ2) is 5.70. The maximum Gasteiger partial charge on any atom is 0.417 e. The number of hydrogen-bond donors (Lipinski definition) is 2. The number of halogens is 3. The number of alkyl halides is 3. The number of H-pyrrole nitrogens is 1. The van der Waals surface area contributed by atoms with E-state index in [1.54, 1.807) is 6.92 Å². The zero-order valence-corrected chi connectivity index (χ0v) is 14.8. The first kappa shape index (κ1) is 16.8. The molecule has 0 spiro atoms. The fourth-order valence-electron chi connectivity index (χ4n) is 3.22. The number of anilines is 1. The van der Waals surface area contributed by atoms with Crippen molar-refractivity contribution in [1.29, 1.82) is 0 Å². The number of para-hydroxylation sites is 2. The Morgan fingerprint density at radius 3 is 2.58 bits per heavy atom. The first-order valence-corrected chi connectivity index (χ1v) is 8.86. The average molecular weight is 376 g/mol. The van der Waals surface area contributed by atoms with Gasteiger partial charge in [-0.3, -0.25) is 0 Å². The molecule has 0 atom stereocenters. The van der Waals surface area contributed by atoms with Crippen LogP contribution in [0.5, 0.6) is 0 Å². The molecule has 0 saturated carbocycles. The molecule has 0 bridgehead atoms. The minimum absolute atomic E-state index is 0.0346. The van der Waals surface area contributed by atoms with E-state index in [-0.39, 0.29) is 21.5 Å². The van der Waals surface area contributed by atoms with E-state index in [1.807, 2.05) is 24.3 Å². The van der Waals surface area contributed by atoms with Gasteiger partial charge in [-0.15, -0.1) is 11.3 Å². The fourth-order valence-corrected chi connectivity index (χ4v) is 4.29. The smallest absolute Gasteiger partial charge is 0.397 e. The van der Waals surface area contributed by atoms with Gasteiger partial charge in [-0.2, -0.15) is 13.2 Å². The summed E-state index contributed by atoms with van der Waals surface area (Å²) in [5.41, 5.74) is 7.62. The highest BCUT2D eigenvalue weighted by molar-refractivity contribution is 7.22. The van der Waals surface area contributed by atoms with Gasteiger partial charge in [-0.1, -0.05) is 19.1 Å². The van der Waals surface area contributed by atoms with Crippen LogP contribution in [0.15, 0.2) is 24.3 Å². The van der Waals surface area contributed by atoms with Crippen LogP contribution in [0.25, 0.3) is 32.0 Å². The van der Waals surface area contributed by atoms with Crippen molar-refractivity contribution < 1.29 is 13.2 Å². The number of pyridine rings is 1. The van der Waals surface area contributed by atoms with Gasteiger partial charge < -0.3 is 10.7 Å². The number of fused-ring (bicyclic) bond motifs is 2. The molecule has 0 amide bonds. The van der Waals surface area contributed by atoms with Crippen LogP contribution >= 0.6 is 11.3 Å². The SMILES string of the molecule is CCc1nc2sc(-c3nc4ccccc4[nH]3)c(N)c2c(C(F)(F)F)c1C. The number of benzene rings is 1. The summed E-state index contributed by atoms with van der Waals surface area (Å²) in [4.78, 5) is 12.8. The number of nitrogen functional groups attached to an aromatic ring is 1. The molecule has 3 heterocycles. The highest BCUT2D eigenvalue weighted by atomic mass is 32.1. The summed E-state index contributed by atoms with van der Waals surface area (Å²) in [6, 6.07) is 7.39. The van der Waals surface area contributed by atoms with Gasteiger partial charge >= 0.3 is 6.18 Å². The maximum atomic E-state index is 13.8. The van der Waals surface area contributed by atoms with Gasteiger partial charge in [-0.25, -0.2) is 9.97 Å². The van der Waals surface area contributed by atoms with Gasteiger partial charge in [0.25, 0.3) is 0 Å². The highest BCUT2D eigenvalue weighted by Gasteiger charge is 2.38. The minimum atomic E-state index is -4.50. The summed E-state index contributed by atoms with van der Waals surface area (Å²) in [6.45, 7) is 3.24. The molecule has 3 aromatic heterocycles. The summed E-state index contributed by atoms with van der Waals surface area (Å²) in [5, 5.41) is -0.0346. The maximum absolute atomic E-state index is 13.8. The number of thiophene rings is 1. The zero-order valence-electron chi connectivity index (χ0n) is 14.0. The number of nitrogens with zero attached hydrogens (tertiary/aromatic N) is 2. The molecule has 4 rings (SSSR count). The predicted octanol–water partition coefficient (Wildman–Crippen LogP) is 5.31. The van der Waals surface area contributed by atoms with Gasteiger partial charge in [0.2, 0.25) is 0 Å². The molecule has 4 nitrogen and oxygen atoms in total. The van der Waals surface area contributed by atoms with E-state index in [1.165, 1.54) is 6.92 Å². The molecule has 0 radical (unpaired) electrons. The van der Waals surface area contributed by atoms with Crippen molar-refractivity contribution >= 4 is 38.3 Å². The van der Waals surface area contributed by atoms with Crippen LogP contribution in [0.1, 0.15) is 23.7 Å². The molecule has 0 unspecified atom stereocenters. The Balaban J connectivity index is 2.05. The summed E-state index contributed by atoms with van der Waals surface area (Å²) < 4.78 is 41.3.